The molecule has 0 radical (unpaired) electrons. The largest absolute Gasteiger partial charge is 0.493 e. The number of nitrogens with zero attached hydrogens (tertiary/aromatic N) is 1. The van der Waals surface area contributed by atoms with Crippen LogP contribution in [0.4, 0.5) is 0 Å². The molecule has 3 rings (SSSR count). The van der Waals surface area contributed by atoms with Gasteiger partial charge in [-0.15, -0.1) is 0 Å². The Morgan fingerprint density at radius 1 is 1.24 bits per heavy atom. The lowest BCUT2D eigenvalue weighted by Crippen LogP contribution is -2.26. The number of fused-ring (bicyclic) bond motifs is 1. The number of rotatable bonds is 9. The van der Waals surface area contributed by atoms with Crippen molar-refractivity contribution in [2.24, 2.45) is 0 Å². The van der Waals surface area contributed by atoms with E-state index in [4.69, 9.17) is 9.47 Å². The fourth-order valence-electron chi connectivity index (χ4n) is 3.21. The van der Waals surface area contributed by atoms with Crippen LogP contribution in [-0.2, 0) is 20.7 Å². The molecule has 8 nitrogen and oxygen atoms in total. The first-order valence-corrected chi connectivity index (χ1v) is 11.1. The van der Waals surface area contributed by atoms with Gasteiger partial charge in [0.25, 0.3) is 5.91 Å². The number of hydrogen-bond acceptors (Lipinski definition) is 6. The van der Waals surface area contributed by atoms with E-state index in [0.717, 1.165) is 16.5 Å². The van der Waals surface area contributed by atoms with Gasteiger partial charge >= 0.3 is 5.97 Å². The van der Waals surface area contributed by atoms with E-state index in [1.165, 1.54) is 20.3 Å². The second-order valence-corrected chi connectivity index (χ2v) is 8.10. The summed E-state index contributed by atoms with van der Waals surface area (Å²) in [6.45, 7) is 0.126. The number of nitrogens with one attached hydrogen (secondary N) is 2. The average Bonchev–Trinajstić information content (AvgIpc) is 3.24. The molecule has 2 N–H and O–H groups in total. The normalized spacial score (nSPS) is 11.0. The highest BCUT2D eigenvalue weighted by Gasteiger charge is 2.15. The number of halogens is 1. The number of hydrogen-bond donors (Lipinski definition) is 2. The number of carbonyl (C=O) groups excluding carboxylic acids is 2. The fraction of sp³-hybridized carbons (Fsp3) is 0.208. The number of H-pyrrole nitrogens is 1. The lowest BCUT2D eigenvalue weighted by Gasteiger charge is -2.13. The molecule has 0 aliphatic heterocycles. The van der Waals surface area contributed by atoms with Crippen LogP contribution in [0.5, 0.6) is 11.5 Å². The molecule has 1 aromatic heterocycles. The standard InChI is InChI=1S/C24H22IN3O5/c1-31-21-11-15(10-19(25)23(21)33-14-22(29)32-2)9-17(12-26)24(30)27-8-7-16-13-28-20-6-4-3-5-18(16)20/h3-6,9-11,13,28H,7-8,14H2,1-2H3,(H,27,30)/b17-9-. The maximum absolute atomic E-state index is 12.6. The summed E-state index contributed by atoms with van der Waals surface area (Å²) in [5, 5.41) is 13.4. The Morgan fingerprint density at radius 2 is 2.03 bits per heavy atom. The molecule has 0 aliphatic rings. The third-order valence-corrected chi connectivity index (χ3v) is 5.65. The minimum atomic E-state index is -0.520. The highest BCUT2D eigenvalue weighted by molar-refractivity contribution is 14.1. The fourth-order valence-corrected chi connectivity index (χ4v) is 3.99. The number of ether oxygens (including phenoxy) is 3. The summed E-state index contributed by atoms with van der Waals surface area (Å²) >= 11 is 2.03. The molecule has 9 heteroatoms. The molecule has 0 fully saturated rings. The summed E-state index contributed by atoms with van der Waals surface area (Å²) in [6, 6.07) is 13.3. The van der Waals surface area contributed by atoms with Crippen molar-refractivity contribution in [2.75, 3.05) is 27.4 Å². The zero-order chi connectivity index (χ0) is 23.8. The van der Waals surface area contributed by atoms with Gasteiger partial charge in [-0.1, -0.05) is 18.2 Å². The summed E-state index contributed by atoms with van der Waals surface area (Å²) in [5.74, 6) is -0.235. The Morgan fingerprint density at radius 3 is 2.76 bits per heavy atom. The minimum Gasteiger partial charge on any atom is -0.493 e. The zero-order valence-corrected chi connectivity index (χ0v) is 20.3. The molecular weight excluding hydrogens is 537 g/mol. The van der Waals surface area contributed by atoms with Gasteiger partial charge in [0.1, 0.15) is 11.6 Å². The molecule has 3 aromatic rings. The molecule has 2 aromatic carbocycles. The number of aromatic amines is 1. The Balaban J connectivity index is 1.69. The van der Waals surface area contributed by atoms with E-state index in [0.29, 0.717) is 33.6 Å². The molecule has 1 amide bonds. The van der Waals surface area contributed by atoms with E-state index in [1.54, 1.807) is 12.1 Å². The molecule has 0 spiro atoms. The molecule has 0 saturated heterocycles. The summed E-state index contributed by atoms with van der Waals surface area (Å²) < 4.78 is 16.1. The third kappa shape index (κ3) is 6.04. The predicted octanol–water partition coefficient (Wildman–Crippen LogP) is 3.60. The number of nitriles is 1. The lowest BCUT2D eigenvalue weighted by atomic mass is 10.1. The van der Waals surface area contributed by atoms with Crippen molar-refractivity contribution in [3.8, 4) is 17.6 Å². The van der Waals surface area contributed by atoms with Crippen LogP contribution in [0.25, 0.3) is 17.0 Å². The van der Waals surface area contributed by atoms with E-state index in [9.17, 15) is 14.9 Å². The number of amides is 1. The van der Waals surface area contributed by atoms with Crippen molar-refractivity contribution in [1.82, 2.24) is 10.3 Å². The molecule has 0 saturated carbocycles. The zero-order valence-electron chi connectivity index (χ0n) is 18.1. The highest BCUT2D eigenvalue weighted by Crippen LogP contribution is 2.34. The lowest BCUT2D eigenvalue weighted by molar-refractivity contribution is -0.143. The maximum atomic E-state index is 12.6. The van der Waals surface area contributed by atoms with Gasteiger partial charge in [-0.25, -0.2) is 4.79 Å². The SMILES string of the molecule is COC(=O)COc1c(I)cc(/C=C(/C#N)C(=O)NCCc2c[nH]c3ccccc23)cc1OC. The van der Waals surface area contributed by atoms with E-state index < -0.39 is 11.9 Å². The maximum Gasteiger partial charge on any atom is 0.343 e. The first-order valence-electron chi connectivity index (χ1n) is 9.99. The minimum absolute atomic E-state index is 0.0324. The number of para-hydroxylation sites is 1. The van der Waals surface area contributed by atoms with Crippen molar-refractivity contribution in [3.05, 3.63) is 62.9 Å². The third-order valence-electron chi connectivity index (χ3n) is 4.84. The van der Waals surface area contributed by atoms with E-state index in [1.807, 2.05) is 59.1 Å². The summed E-state index contributed by atoms with van der Waals surface area (Å²) in [5.41, 5.74) is 2.69. The van der Waals surface area contributed by atoms with Gasteiger partial charge in [-0.3, -0.25) is 4.79 Å². The van der Waals surface area contributed by atoms with Crippen LogP contribution >= 0.6 is 22.6 Å². The van der Waals surface area contributed by atoms with Gasteiger partial charge in [0.2, 0.25) is 0 Å². The molecule has 0 unspecified atom stereocenters. The van der Waals surface area contributed by atoms with Gasteiger partial charge in [0.05, 0.1) is 17.8 Å². The topological polar surface area (TPSA) is 113 Å². The number of esters is 1. The van der Waals surface area contributed by atoms with Crippen molar-refractivity contribution >= 4 is 51.4 Å². The van der Waals surface area contributed by atoms with E-state index in [2.05, 4.69) is 15.0 Å². The van der Waals surface area contributed by atoms with Crippen LogP contribution in [0.1, 0.15) is 11.1 Å². The van der Waals surface area contributed by atoms with Crippen LogP contribution < -0.4 is 14.8 Å². The number of aromatic nitrogens is 1. The van der Waals surface area contributed by atoms with Gasteiger partial charge in [0.15, 0.2) is 18.1 Å². The monoisotopic (exact) mass is 559 g/mol. The Kier molecular flexibility index (Phi) is 8.32. The van der Waals surface area contributed by atoms with Crippen molar-refractivity contribution in [3.63, 3.8) is 0 Å². The Hall–Kier alpha value is -3.52. The summed E-state index contributed by atoms with van der Waals surface area (Å²) in [6.07, 6.45) is 4.04. The van der Waals surface area contributed by atoms with Crippen LogP contribution in [-0.4, -0.2) is 44.2 Å². The highest BCUT2D eigenvalue weighted by atomic mass is 127. The van der Waals surface area contributed by atoms with Gasteiger partial charge in [-0.05, 0) is 64.4 Å². The van der Waals surface area contributed by atoms with Crippen molar-refractivity contribution < 1.29 is 23.8 Å². The van der Waals surface area contributed by atoms with Gasteiger partial charge < -0.3 is 24.5 Å². The first-order chi connectivity index (χ1) is 16.0. The number of methoxy groups -OCH3 is 2. The van der Waals surface area contributed by atoms with E-state index >= 15 is 0 Å². The Labute approximate surface area is 204 Å². The van der Waals surface area contributed by atoms with Crippen LogP contribution in [0, 0.1) is 14.9 Å². The Bertz CT molecular complexity index is 1240. The molecule has 0 aliphatic carbocycles. The van der Waals surface area contributed by atoms with Crippen LogP contribution in [0.3, 0.4) is 0 Å². The summed E-state index contributed by atoms with van der Waals surface area (Å²) in [4.78, 5) is 27.1. The predicted molar refractivity (Wildman–Crippen MR) is 132 cm³/mol. The van der Waals surface area contributed by atoms with Crippen molar-refractivity contribution in [1.29, 1.82) is 5.26 Å². The second kappa shape index (κ2) is 11.4. The van der Waals surface area contributed by atoms with Crippen LogP contribution in [0.15, 0.2) is 48.2 Å². The van der Waals surface area contributed by atoms with Crippen LogP contribution in [0.2, 0.25) is 0 Å². The molecule has 0 atom stereocenters. The quantitative estimate of drug-likeness (QED) is 0.179. The number of carbonyl (C=O) groups is 2. The average molecular weight is 559 g/mol. The van der Waals surface area contributed by atoms with Crippen molar-refractivity contribution in [2.45, 2.75) is 6.42 Å². The first kappa shape index (κ1) is 24.1. The number of benzene rings is 2. The second-order valence-electron chi connectivity index (χ2n) is 6.93. The van der Waals surface area contributed by atoms with Gasteiger partial charge in [0, 0.05) is 23.6 Å². The molecular formula is C24H22IN3O5. The van der Waals surface area contributed by atoms with Gasteiger partial charge in [-0.2, -0.15) is 5.26 Å². The molecule has 170 valence electrons. The molecule has 0 bridgehead atoms. The molecule has 33 heavy (non-hydrogen) atoms. The smallest absolute Gasteiger partial charge is 0.343 e. The molecule has 1 heterocycles. The summed E-state index contributed by atoms with van der Waals surface area (Å²) in [7, 11) is 2.74. The van der Waals surface area contributed by atoms with E-state index in [-0.39, 0.29) is 12.2 Å².